The molecular formula is C18H15ClF3N3O2S. The summed E-state index contributed by atoms with van der Waals surface area (Å²) in [6.45, 7) is -0.585. The van der Waals surface area contributed by atoms with Gasteiger partial charge in [0.25, 0.3) is 0 Å². The molecule has 0 aliphatic carbocycles. The average molecular weight is 430 g/mol. The van der Waals surface area contributed by atoms with Gasteiger partial charge in [-0.15, -0.1) is 0 Å². The normalized spacial score (nSPS) is 11.6. The van der Waals surface area contributed by atoms with E-state index in [1.807, 2.05) is 0 Å². The molecule has 0 bridgehead atoms. The minimum atomic E-state index is -4.97. The van der Waals surface area contributed by atoms with Crippen molar-refractivity contribution in [2.24, 2.45) is 0 Å². The van der Waals surface area contributed by atoms with Crippen LogP contribution in [0.3, 0.4) is 0 Å². The lowest BCUT2D eigenvalue weighted by atomic mass is 10.2. The highest BCUT2D eigenvalue weighted by Crippen LogP contribution is 2.24. The number of nitrogens with one attached hydrogen (secondary N) is 2. The Hall–Kier alpha value is -2.52. The molecule has 10 heteroatoms. The maximum absolute atomic E-state index is 13.0. The van der Waals surface area contributed by atoms with Gasteiger partial charge in [-0.1, -0.05) is 29.8 Å². The molecule has 28 heavy (non-hydrogen) atoms. The lowest BCUT2D eigenvalue weighted by Crippen LogP contribution is -2.42. The van der Waals surface area contributed by atoms with E-state index in [4.69, 9.17) is 28.6 Å². The number of nitrogens with zero attached hydrogens (tertiary/aromatic N) is 1. The van der Waals surface area contributed by atoms with Gasteiger partial charge in [0.2, 0.25) is 0 Å². The zero-order valence-electron chi connectivity index (χ0n) is 14.3. The standard InChI is InChI=1S/C18H15ClF3N3O2S/c19-12-6-4-11(5-7-12)10-25(16(26)18(20,21)22)8-9-27-14-3-1-2-13-15(14)24-17(28)23-13/h1-7H,8-10H2,(H2,23,24,28). The van der Waals surface area contributed by atoms with E-state index in [1.165, 1.54) is 0 Å². The van der Waals surface area contributed by atoms with Crippen molar-refractivity contribution in [3.8, 4) is 5.75 Å². The number of para-hydroxylation sites is 1. The van der Waals surface area contributed by atoms with Crippen molar-refractivity contribution in [3.05, 3.63) is 57.8 Å². The molecule has 1 heterocycles. The molecule has 0 atom stereocenters. The fourth-order valence-corrected chi connectivity index (χ4v) is 3.00. The van der Waals surface area contributed by atoms with Crippen molar-refractivity contribution < 1.29 is 22.7 Å². The third kappa shape index (κ3) is 4.85. The lowest BCUT2D eigenvalue weighted by Gasteiger charge is -2.24. The predicted octanol–water partition coefficient (Wildman–Crippen LogP) is 4.85. The highest BCUT2D eigenvalue weighted by atomic mass is 35.5. The van der Waals surface area contributed by atoms with E-state index in [-0.39, 0.29) is 19.7 Å². The molecule has 0 unspecified atom stereocenters. The number of halogens is 4. The van der Waals surface area contributed by atoms with Crippen LogP contribution >= 0.6 is 23.8 Å². The summed E-state index contributed by atoms with van der Waals surface area (Å²) in [7, 11) is 0. The summed E-state index contributed by atoms with van der Waals surface area (Å²) in [6.07, 6.45) is -4.97. The van der Waals surface area contributed by atoms with Crippen molar-refractivity contribution in [2.45, 2.75) is 12.7 Å². The van der Waals surface area contributed by atoms with Gasteiger partial charge in [0.15, 0.2) is 4.77 Å². The monoisotopic (exact) mass is 429 g/mol. The van der Waals surface area contributed by atoms with Crippen molar-refractivity contribution in [1.82, 2.24) is 14.9 Å². The van der Waals surface area contributed by atoms with E-state index < -0.39 is 12.1 Å². The summed E-state index contributed by atoms with van der Waals surface area (Å²) >= 11 is 10.8. The maximum Gasteiger partial charge on any atom is 0.471 e. The number of aromatic amines is 2. The average Bonchev–Trinajstić information content (AvgIpc) is 3.02. The molecule has 3 aromatic rings. The van der Waals surface area contributed by atoms with Crippen molar-refractivity contribution in [3.63, 3.8) is 0 Å². The number of alkyl halides is 3. The van der Waals surface area contributed by atoms with Crippen LogP contribution in [0.2, 0.25) is 5.02 Å². The van der Waals surface area contributed by atoms with Crippen molar-refractivity contribution in [1.29, 1.82) is 0 Å². The molecule has 0 fully saturated rings. The molecule has 0 aliphatic rings. The molecule has 0 spiro atoms. The van der Waals surface area contributed by atoms with Crippen LogP contribution in [-0.4, -0.2) is 40.1 Å². The minimum Gasteiger partial charge on any atom is -0.489 e. The Kier molecular flexibility index (Phi) is 5.95. The van der Waals surface area contributed by atoms with Crippen LogP contribution in [0.1, 0.15) is 5.56 Å². The van der Waals surface area contributed by atoms with Gasteiger partial charge in [0.05, 0.1) is 12.1 Å². The number of fused-ring (bicyclic) bond motifs is 1. The molecule has 148 valence electrons. The first-order valence-electron chi connectivity index (χ1n) is 8.18. The maximum atomic E-state index is 13.0. The van der Waals surface area contributed by atoms with Gasteiger partial charge in [-0.3, -0.25) is 4.79 Å². The summed E-state index contributed by atoms with van der Waals surface area (Å²) in [5.74, 6) is -1.50. The fraction of sp³-hybridized carbons (Fsp3) is 0.222. The highest BCUT2D eigenvalue weighted by molar-refractivity contribution is 7.71. The van der Waals surface area contributed by atoms with Crippen LogP contribution in [0, 0.1) is 4.77 Å². The van der Waals surface area contributed by atoms with Crippen molar-refractivity contribution in [2.75, 3.05) is 13.2 Å². The van der Waals surface area contributed by atoms with Gasteiger partial charge in [-0.25, -0.2) is 0 Å². The molecule has 1 aromatic heterocycles. The second-order valence-electron chi connectivity index (χ2n) is 5.96. The molecule has 3 rings (SSSR count). The molecule has 1 amide bonds. The Bertz CT molecular complexity index is 1030. The first-order chi connectivity index (χ1) is 13.2. The highest BCUT2D eigenvalue weighted by Gasteiger charge is 2.42. The van der Waals surface area contributed by atoms with E-state index in [1.54, 1.807) is 42.5 Å². The van der Waals surface area contributed by atoms with Crippen LogP contribution < -0.4 is 4.74 Å². The number of rotatable bonds is 6. The molecule has 0 aliphatic heterocycles. The number of imidazole rings is 1. The van der Waals surface area contributed by atoms with Gasteiger partial charge in [-0.2, -0.15) is 13.2 Å². The number of ether oxygens (including phenoxy) is 1. The number of hydrogen-bond donors (Lipinski definition) is 2. The molecule has 0 saturated heterocycles. The lowest BCUT2D eigenvalue weighted by molar-refractivity contribution is -0.186. The number of aromatic nitrogens is 2. The van der Waals surface area contributed by atoms with Crippen LogP contribution in [0.15, 0.2) is 42.5 Å². The molecule has 0 saturated carbocycles. The summed E-state index contributed by atoms with van der Waals surface area (Å²) in [5.41, 5.74) is 1.85. The van der Waals surface area contributed by atoms with E-state index in [2.05, 4.69) is 9.97 Å². The van der Waals surface area contributed by atoms with E-state index in [0.29, 0.717) is 37.0 Å². The largest absolute Gasteiger partial charge is 0.489 e. The van der Waals surface area contributed by atoms with Crippen molar-refractivity contribution >= 4 is 40.8 Å². The Morgan fingerprint density at radius 2 is 1.86 bits per heavy atom. The van der Waals surface area contributed by atoms with Crippen LogP contribution in [0.25, 0.3) is 11.0 Å². The van der Waals surface area contributed by atoms with Gasteiger partial charge in [0, 0.05) is 11.6 Å². The number of hydrogen-bond acceptors (Lipinski definition) is 3. The fourth-order valence-electron chi connectivity index (χ4n) is 2.66. The van der Waals surface area contributed by atoms with Crippen LogP contribution in [0.5, 0.6) is 5.75 Å². The number of H-pyrrole nitrogens is 2. The quantitative estimate of drug-likeness (QED) is 0.551. The zero-order valence-corrected chi connectivity index (χ0v) is 15.9. The minimum absolute atomic E-state index is 0.125. The van der Waals surface area contributed by atoms with Gasteiger partial charge >= 0.3 is 12.1 Å². The third-order valence-corrected chi connectivity index (χ3v) is 4.40. The van der Waals surface area contributed by atoms with Crippen LogP contribution in [-0.2, 0) is 11.3 Å². The number of carbonyl (C=O) groups excluding carboxylic acids is 1. The number of benzene rings is 2. The Morgan fingerprint density at radius 1 is 1.14 bits per heavy atom. The molecule has 2 aromatic carbocycles. The number of amides is 1. The Morgan fingerprint density at radius 3 is 2.54 bits per heavy atom. The Labute approximate surface area is 168 Å². The van der Waals surface area contributed by atoms with E-state index in [9.17, 15) is 18.0 Å². The van der Waals surface area contributed by atoms with Gasteiger partial charge in [-0.05, 0) is 42.0 Å². The SMILES string of the molecule is O=C(N(CCOc1cccc2[nH]c(=S)[nH]c12)Cc1ccc(Cl)cc1)C(F)(F)F. The van der Waals surface area contributed by atoms with Gasteiger partial charge in [0.1, 0.15) is 17.9 Å². The molecule has 5 nitrogen and oxygen atoms in total. The zero-order chi connectivity index (χ0) is 20.3. The first kappa shape index (κ1) is 20.2. The first-order valence-corrected chi connectivity index (χ1v) is 8.97. The molecule has 2 N–H and O–H groups in total. The smallest absolute Gasteiger partial charge is 0.471 e. The number of carbonyl (C=O) groups is 1. The molecular weight excluding hydrogens is 415 g/mol. The van der Waals surface area contributed by atoms with Gasteiger partial charge < -0.3 is 19.6 Å². The van der Waals surface area contributed by atoms with E-state index in [0.717, 1.165) is 0 Å². The molecule has 0 radical (unpaired) electrons. The second-order valence-corrected chi connectivity index (χ2v) is 6.80. The third-order valence-electron chi connectivity index (χ3n) is 3.95. The second kappa shape index (κ2) is 8.24. The van der Waals surface area contributed by atoms with Crippen LogP contribution in [0.4, 0.5) is 13.2 Å². The topological polar surface area (TPSA) is 61.1 Å². The summed E-state index contributed by atoms with van der Waals surface area (Å²) in [4.78, 5) is 18.3. The predicted molar refractivity (Wildman–Crippen MR) is 102 cm³/mol. The summed E-state index contributed by atoms with van der Waals surface area (Å²) in [6, 6.07) is 11.4. The van der Waals surface area contributed by atoms with E-state index >= 15 is 0 Å². The summed E-state index contributed by atoms with van der Waals surface area (Å²) in [5, 5.41) is 0.456. The Balaban J connectivity index is 1.72. The summed E-state index contributed by atoms with van der Waals surface area (Å²) < 4.78 is 44.9.